The maximum Gasteiger partial charge on any atom is 0.410 e. The lowest BCUT2D eigenvalue weighted by atomic mass is 10.0. The Bertz CT molecular complexity index is 1430. The van der Waals surface area contributed by atoms with Gasteiger partial charge in [0.05, 0.1) is 5.69 Å². The molecule has 11 heteroatoms. The average molecular weight is 524 g/mol. The zero-order valence-corrected chi connectivity index (χ0v) is 21.4. The molecule has 2 amide bonds. The first kappa shape index (κ1) is 24.8. The van der Waals surface area contributed by atoms with Gasteiger partial charge >= 0.3 is 12.1 Å². The van der Waals surface area contributed by atoms with Crippen molar-refractivity contribution in [3.63, 3.8) is 0 Å². The molecule has 3 aromatic rings. The van der Waals surface area contributed by atoms with Crippen LogP contribution in [0.1, 0.15) is 58.4 Å². The van der Waals surface area contributed by atoms with Crippen molar-refractivity contribution in [2.45, 2.75) is 45.8 Å². The van der Waals surface area contributed by atoms with Crippen LogP contribution >= 0.6 is 11.6 Å². The first-order valence-electron chi connectivity index (χ1n) is 11.9. The zero-order valence-electron chi connectivity index (χ0n) is 20.7. The number of carboxylic acid groups (broad SMARTS) is 1. The molecule has 0 saturated heterocycles. The molecule has 0 aliphatic carbocycles. The topological polar surface area (TPSA) is 118 Å². The van der Waals surface area contributed by atoms with E-state index in [4.69, 9.17) is 16.3 Å². The molecule has 2 aliphatic heterocycles. The molecule has 10 nitrogen and oxygen atoms in total. The number of aromatic carboxylic acids is 1. The number of hydrogen-bond acceptors (Lipinski definition) is 6. The molecular formula is C26H26ClN5O5. The third-order valence-electron chi connectivity index (χ3n) is 6.28. The Balaban J connectivity index is 1.48. The van der Waals surface area contributed by atoms with E-state index in [0.29, 0.717) is 48.0 Å². The van der Waals surface area contributed by atoms with Crippen LogP contribution in [-0.4, -0.2) is 61.4 Å². The van der Waals surface area contributed by atoms with E-state index in [1.165, 1.54) is 9.58 Å². The summed E-state index contributed by atoms with van der Waals surface area (Å²) in [7, 11) is 0. The van der Waals surface area contributed by atoms with Crippen LogP contribution in [0.2, 0.25) is 5.02 Å². The van der Waals surface area contributed by atoms with Gasteiger partial charge < -0.3 is 14.7 Å². The Kier molecular flexibility index (Phi) is 6.15. The number of rotatable bonds is 3. The number of aromatic nitrogens is 3. The first-order valence-corrected chi connectivity index (χ1v) is 12.3. The molecule has 37 heavy (non-hydrogen) atoms. The monoisotopic (exact) mass is 523 g/mol. The third-order valence-corrected chi connectivity index (χ3v) is 6.52. The molecule has 0 fully saturated rings. The van der Waals surface area contributed by atoms with E-state index in [1.54, 1.807) is 35.4 Å². The summed E-state index contributed by atoms with van der Waals surface area (Å²) in [4.78, 5) is 45.9. The number of carboxylic acids is 1. The van der Waals surface area contributed by atoms with Gasteiger partial charge in [-0.25, -0.2) is 19.3 Å². The second-order valence-electron chi connectivity index (χ2n) is 10.0. The quantitative estimate of drug-likeness (QED) is 0.548. The van der Waals surface area contributed by atoms with Crippen LogP contribution in [0.3, 0.4) is 0 Å². The summed E-state index contributed by atoms with van der Waals surface area (Å²) in [6, 6.07) is 8.53. The van der Waals surface area contributed by atoms with Crippen molar-refractivity contribution in [2.24, 2.45) is 0 Å². The lowest BCUT2D eigenvalue weighted by molar-refractivity contribution is 0.0223. The minimum absolute atomic E-state index is 0.158. The van der Waals surface area contributed by atoms with Crippen LogP contribution in [0.5, 0.6) is 0 Å². The van der Waals surface area contributed by atoms with E-state index >= 15 is 0 Å². The first-order chi connectivity index (χ1) is 17.5. The smallest absolute Gasteiger partial charge is 0.410 e. The molecule has 1 N–H and O–H groups in total. The molecule has 0 unspecified atom stereocenters. The molecule has 0 saturated carbocycles. The predicted molar refractivity (Wildman–Crippen MR) is 135 cm³/mol. The Labute approximate surface area is 218 Å². The summed E-state index contributed by atoms with van der Waals surface area (Å²) >= 11 is 6.15. The maximum absolute atomic E-state index is 13.7. The van der Waals surface area contributed by atoms with Gasteiger partial charge in [-0.2, -0.15) is 5.10 Å². The molecule has 0 atom stereocenters. The highest BCUT2D eigenvalue weighted by Crippen LogP contribution is 2.31. The van der Waals surface area contributed by atoms with Crippen LogP contribution in [0.25, 0.3) is 5.69 Å². The van der Waals surface area contributed by atoms with Crippen LogP contribution < -0.4 is 4.90 Å². The molecule has 0 spiro atoms. The van der Waals surface area contributed by atoms with E-state index in [0.717, 1.165) is 11.1 Å². The number of anilines is 1. The van der Waals surface area contributed by atoms with Gasteiger partial charge in [0.15, 0.2) is 5.69 Å². The fourth-order valence-electron chi connectivity index (χ4n) is 4.60. The molecule has 2 aromatic heterocycles. The highest BCUT2D eigenvalue weighted by atomic mass is 35.5. The predicted octanol–water partition coefficient (Wildman–Crippen LogP) is 4.12. The number of carbonyl (C=O) groups excluding carboxylic acids is 2. The minimum atomic E-state index is -1.20. The molecule has 0 bridgehead atoms. The number of benzene rings is 1. The Hall–Kier alpha value is -3.92. The average Bonchev–Trinajstić information content (AvgIpc) is 3.23. The van der Waals surface area contributed by atoms with Crippen molar-refractivity contribution in [3.05, 3.63) is 69.6 Å². The maximum atomic E-state index is 13.7. The number of nitrogens with zero attached hydrogens (tertiary/aromatic N) is 5. The van der Waals surface area contributed by atoms with E-state index in [2.05, 4.69) is 10.1 Å². The number of carbonyl (C=O) groups is 3. The van der Waals surface area contributed by atoms with E-state index in [9.17, 15) is 19.5 Å². The zero-order chi connectivity index (χ0) is 26.5. The van der Waals surface area contributed by atoms with Crippen molar-refractivity contribution >= 4 is 35.4 Å². The summed E-state index contributed by atoms with van der Waals surface area (Å²) in [5.74, 6) is -1.18. The largest absolute Gasteiger partial charge is 0.476 e. The van der Waals surface area contributed by atoms with Crippen molar-refractivity contribution in [1.29, 1.82) is 0 Å². The molecule has 0 radical (unpaired) electrons. The number of ether oxygens (including phenoxy) is 1. The van der Waals surface area contributed by atoms with Crippen LogP contribution in [0.4, 0.5) is 10.6 Å². The number of hydrogen-bond donors (Lipinski definition) is 1. The van der Waals surface area contributed by atoms with Gasteiger partial charge in [0.25, 0.3) is 5.91 Å². The van der Waals surface area contributed by atoms with E-state index < -0.39 is 17.5 Å². The van der Waals surface area contributed by atoms with Gasteiger partial charge in [0.2, 0.25) is 0 Å². The van der Waals surface area contributed by atoms with E-state index in [1.807, 2.05) is 26.8 Å². The fourth-order valence-corrected chi connectivity index (χ4v) is 4.78. The second-order valence-corrected chi connectivity index (χ2v) is 10.5. The molecule has 5 rings (SSSR count). The third kappa shape index (κ3) is 4.76. The van der Waals surface area contributed by atoms with Gasteiger partial charge in [-0.1, -0.05) is 17.7 Å². The number of pyridine rings is 1. The molecule has 2 aliphatic rings. The summed E-state index contributed by atoms with van der Waals surface area (Å²) < 4.78 is 6.86. The van der Waals surface area contributed by atoms with Gasteiger partial charge in [-0.3, -0.25) is 9.69 Å². The molecule has 4 heterocycles. The summed E-state index contributed by atoms with van der Waals surface area (Å²) in [6.07, 6.45) is 2.27. The Morgan fingerprint density at radius 2 is 1.89 bits per heavy atom. The van der Waals surface area contributed by atoms with Crippen molar-refractivity contribution in [2.75, 3.05) is 18.0 Å². The van der Waals surface area contributed by atoms with Crippen molar-refractivity contribution in [1.82, 2.24) is 19.7 Å². The van der Waals surface area contributed by atoms with Crippen LogP contribution in [0.15, 0.2) is 36.5 Å². The van der Waals surface area contributed by atoms with Crippen LogP contribution in [-0.2, 0) is 24.1 Å². The summed E-state index contributed by atoms with van der Waals surface area (Å²) in [5.41, 5.74) is 2.16. The van der Waals surface area contributed by atoms with Gasteiger partial charge in [-0.15, -0.1) is 0 Å². The minimum Gasteiger partial charge on any atom is -0.476 e. The Morgan fingerprint density at radius 1 is 1.11 bits per heavy atom. The summed E-state index contributed by atoms with van der Waals surface area (Å²) in [6.45, 7) is 6.58. The number of amides is 2. The lowest BCUT2D eigenvalue weighted by Gasteiger charge is -2.32. The van der Waals surface area contributed by atoms with Gasteiger partial charge in [-0.05, 0) is 69.0 Å². The molecular weight excluding hydrogens is 498 g/mol. The summed E-state index contributed by atoms with van der Waals surface area (Å²) in [5, 5.41) is 14.4. The fraction of sp³-hybridized carbons (Fsp3) is 0.346. The van der Waals surface area contributed by atoms with Crippen molar-refractivity contribution < 1.29 is 24.2 Å². The second kappa shape index (κ2) is 9.19. The molecule has 1 aromatic carbocycles. The number of fused-ring (bicyclic) bond motifs is 2. The normalized spacial score (nSPS) is 15.3. The highest BCUT2D eigenvalue weighted by Gasteiger charge is 2.36. The van der Waals surface area contributed by atoms with E-state index in [-0.39, 0.29) is 24.0 Å². The molecule has 192 valence electrons. The van der Waals surface area contributed by atoms with Gasteiger partial charge in [0, 0.05) is 36.4 Å². The lowest BCUT2D eigenvalue weighted by Crippen LogP contribution is -2.41. The van der Waals surface area contributed by atoms with Gasteiger partial charge in [0.1, 0.15) is 17.1 Å². The van der Waals surface area contributed by atoms with Crippen LogP contribution in [0, 0.1) is 0 Å². The highest BCUT2D eigenvalue weighted by molar-refractivity contribution is 6.30. The standard InChI is InChI=1S/C26H26ClN5O5/c1-26(2,3)37-25(36)30-9-7-15-13-28-20(11-16(15)14-30)31-10-8-19-21(24(34)35)29-32(22(19)23(31)33)18-6-4-5-17(27)12-18/h4-6,11-13H,7-10,14H2,1-3H3,(H,34,35). The SMILES string of the molecule is CC(C)(C)OC(=O)N1CCc2cnc(N3CCc4c(C(=O)O)nn(-c5cccc(Cl)c5)c4C3=O)cc2C1. The Morgan fingerprint density at radius 3 is 2.59 bits per heavy atom. The van der Waals surface area contributed by atoms with Crippen molar-refractivity contribution in [3.8, 4) is 5.69 Å². The number of halogens is 1.